The Bertz CT molecular complexity index is 1790. The van der Waals surface area contributed by atoms with Crippen molar-refractivity contribution in [2.45, 2.75) is 309 Å². The van der Waals surface area contributed by atoms with Crippen molar-refractivity contribution in [1.29, 1.82) is 0 Å². The van der Waals surface area contributed by atoms with E-state index in [1.807, 2.05) is 0 Å². The molecule has 0 aliphatic heterocycles. The first-order valence-electron chi connectivity index (χ1n) is 34.5. The first-order valence-corrected chi connectivity index (χ1v) is 36.0. The minimum absolute atomic E-state index is 0.0482. The lowest BCUT2D eigenvalue weighted by atomic mass is 10.0. The number of hydrogen-bond donors (Lipinski definition) is 2. The fourth-order valence-corrected chi connectivity index (χ4v) is 10.3. The summed E-state index contributed by atoms with van der Waals surface area (Å²) in [6, 6.07) is 0. The molecule has 0 saturated carbocycles. The van der Waals surface area contributed by atoms with E-state index in [4.69, 9.17) is 24.3 Å². The number of carbonyl (C=O) groups is 2. The van der Waals surface area contributed by atoms with Gasteiger partial charge in [0.05, 0.1) is 13.2 Å². The summed E-state index contributed by atoms with van der Waals surface area (Å²) in [6.45, 7) is 3.65. The van der Waals surface area contributed by atoms with Gasteiger partial charge in [-0.05, 0) is 89.9 Å². The number of carbonyl (C=O) groups excluding carboxylic acids is 2. The maximum atomic E-state index is 12.8. The molecule has 0 bridgehead atoms. The second-order valence-corrected chi connectivity index (χ2v) is 24.1. The molecule has 0 aliphatic carbocycles. The molecule has 482 valence electrons. The van der Waals surface area contributed by atoms with Crippen molar-refractivity contribution in [2.24, 2.45) is 5.73 Å². The van der Waals surface area contributed by atoms with E-state index in [1.165, 1.54) is 161 Å². The highest BCUT2D eigenvalue weighted by Crippen LogP contribution is 2.43. The van der Waals surface area contributed by atoms with Crippen LogP contribution in [0.5, 0.6) is 0 Å². The molecule has 2 atom stereocenters. The number of rotatable bonds is 64. The van der Waals surface area contributed by atoms with Crippen LogP contribution in [-0.4, -0.2) is 49.3 Å². The molecule has 0 saturated heterocycles. The van der Waals surface area contributed by atoms with Crippen LogP contribution in [0.25, 0.3) is 0 Å². The predicted octanol–water partition coefficient (Wildman–Crippen LogP) is 22.7. The maximum absolute atomic E-state index is 12.8. The van der Waals surface area contributed by atoms with Gasteiger partial charge in [-0.15, -0.1) is 0 Å². The summed E-state index contributed by atoms with van der Waals surface area (Å²) >= 11 is 0. The number of esters is 2. The summed E-state index contributed by atoms with van der Waals surface area (Å²) in [5.74, 6) is -0.832. The Morgan fingerprint density at radius 1 is 0.369 bits per heavy atom. The molecule has 0 rings (SSSR count). The van der Waals surface area contributed by atoms with E-state index >= 15 is 0 Å². The Hall–Kier alpha value is -3.59. The lowest BCUT2D eigenvalue weighted by Crippen LogP contribution is -2.29. The highest BCUT2D eigenvalue weighted by molar-refractivity contribution is 7.47. The molecule has 0 radical (unpaired) electrons. The summed E-state index contributed by atoms with van der Waals surface area (Å²) < 4.78 is 33.2. The normalized spacial score (nSPS) is 13.7. The first kappa shape index (κ1) is 80.4. The lowest BCUT2D eigenvalue weighted by molar-refractivity contribution is -0.161. The molecule has 2 unspecified atom stereocenters. The van der Waals surface area contributed by atoms with Crippen LogP contribution in [0.4, 0.5) is 0 Å². The molecule has 0 aliphatic rings. The molecule has 0 fully saturated rings. The van der Waals surface area contributed by atoms with E-state index in [1.54, 1.807) is 0 Å². The number of nitrogens with two attached hydrogens (primary N) is 1. The van der Waals surface area contributed by atoms with Crippen molar-refractivity contribution >= 4 is 19.8 Å². The van der Waals surface area contributed by atoms with Crippen LogP contribution >= 0.6 is 7.82 Å². The highest BCUT2D eigenvalue weighted by atomic mass is 31.2. The predicted molar refractivity (Wildman–Crippen MR) is 362 cm³/mol. The maximum Gasteiger partial charge on any atom is 0.472 e. The smallest absolute Gasteiger partial charge is 0.462 e. The molecule has 0 aromatic carbocycles. The van der Waals surface area contributed by atoms with E-state index in [-0.39, 0.29) is 38.6 Å². The van der Waals surface area contributed by atoms with Gasteiger partial charge in [0.2, 0.25) is 0 Å². The lowest BCUT2D eigenvalue weighted by Gasteiger charge is -2.19. The minimum Gasteiger partial charge on any atom is -0.462 e. The molecule has 84 heavy (non-hydrogen) atoms. The van der Waals surface area contributed by atoms with Gasteiger partial charge in [-0.25, -0.2) is 4.57 Å². The zero-order valence-corrected chi connectivity index (χ0v) is 55.0. The Morgan fingerprint density at radius 2 is 0.655 bits per heavy atom. The zero-order chi connectivity index (χ0) is 60.9. The van der Waals surface area contributed by atoms with Gasteiger partial charge in [-0.3, -0.25) is 18.6 Å². The van der Waals surface area contributed by atoms with Crippen molar-refractivity contribution in [3.8, 4) is 0 Å². The van der Waals surface area contributed by atoms with Gasteiger partial charge in [-0.2, -0.15) is 0 Å². The van der Waals surface area contributed by atoms with Crippen LogP contribution in [-0.2, 0) is 32.7 Å². The molecule has 10 heteroatoms. The third-order valence-corrected chi connectivity index (χ3v) is 15.6. The SMILES string of the molecule is CC/C=C\C/C=C\C/C=C\C/C=C\C/C=C\C/C=C\C/C=C\C/C=C\C/C=C\C/C=C\CCCCCCCCCCC(=O)OC(COC(=O)CCCCCCCCCCCCCCCCCCCCCCCCCC)COP(=O)(O)OCCN. The number of phosphoric ester groups is 1. The van der Waals surface area contributed by atoms with Crippen molar-refractivity contribution in [3.63, 3.8) is 0 Å². The Morgan fingerprint density at radius 3 is 0.976 bits per heavy atom. The van der Waals surface area contributed by atoms with E-state index < -0.39 is 26.5 Å². The second-order valence-electron chi connectivity index (χ2n) is 22.7. The van der Waals surface area contributed by atoms with Crippen LogP contribution in [0.3, 0.4) is 0 Å². The fourth-order valence-electron chi connectivity index (χ4n) is 9.55. The second kappa shape index (κ2) is 68.5. The highest BCUT2D eigenvalue weighted by Gasteiger charge is 2.26. The Kier molecular flexibility index (Phi) is 65.6. The van der Waals surface area contributed by atoms with E-state index in [0.29, 0.717) is 6.42 Å². The molecule has 9 nitrogen and oxygen atoms in total. The fraction of sp³-hybridized carbons (Fsp3) is 0.703. The van der Waals surface area contributed by atoms with Crippen molar-refractivity contribution in [3.05, 3.63) is 122 Å². The van der Waals surface area contributed by atoms with E-state index in [0.717, 1.165) is 109 Å². The average molecular weight is 1190 g/mol. The van der Waals surface area contributed by atoms with Crippen LogP contribution in [0, 0.1) is 0 Å². The Labute approximate surface area is 517 Å². The van der Waals surface area contributed by atoms with Crippen LogP contribution < -0.4 is 5.73 Å². The first-order chi connectivity index (χ1) is 41.3. The summed E-state index contributed by atoms with van der Waals surface area (Å²) in [4.78, 5) is 35.3. The molecule has 3 N–H and O–H groups in total. The van der Waals surface area contributed by atoms with Crippen LogP contribution in [0.2, 0.25) is 0 Å². The molecule has 0 spiro atoms. The zero-order valence-electron chi connectivity index (χ0n) is 54.1. The van der Waals surface area contributed by atoms with Crippen LogP contribution in [0.15, 0.2) is 122 Å². The van der Waals surface area contributed by atoms with Gasteiger partial charge in [0.25, 0.3) is 0 Å². The van der Waals surface area contributed by atoms with Gasteiger partial charge in [-0.1, -0.05) is 322 Å². The summed E-state index contributed by atoms with van der Waals surface area (Å²) in [6.07, 6.45) is 95.7. The number of hydrogen-bond acceptors (Lipinski definition) is 8. The molecule has 0 amide bonds. The third kappa shape index (κ3) is 67.5. The minimum atomic E-state index is -4.40. The van der Waals surface area contributed by atoms with Crippen LogP contribution in [0.1, 0.15) is 303 Å². The number of ether oxygens (including phenoxy) is 2. The number of allylic oxidation sites excluding steroid dienone is 20. The van der Waals surface area contributed by atoms with Gasteiger partial charge < -0.3 is 20.1 Å². The molecular weight excluding hydrogens is 1060 g/mol. The van der Waals surface area contributed by atoms with Crippen molar-refractivity contribution < 1.29 is 37.6 Å². The average Bonchev–Trinajstić information content (AvgIpc) is 3.58. The molecule has 0 aromatic rings. The summed E-state index contributed by atoms with van der Waals surface area (Å²) in [5, 5.41) is 0. The van der Waals surface area contributed by atoms with Gasteiger partial charge in [0.15, 0.2) is 6.10 Å². The third-order valence-electron chi connectivity index (χ3n) is 14.6. The topological polar surface area (TPSA) is 134 Å². The van der Waals surface area contributed by atoms with Crippen molar-refractivity contribution in [1.82, 2.24) is 0 Å². The van der Waals surface area contributed by atoms with Gasteiger partial charge in [0.1, 0.15) is 6.61 Å². The van der Waals surface area contributed by atoms with Crippen molar-refractivity contribution in [2.75, 3.05) is 26.4 Å². The van der Waals surface area contributed by atoms with Gasteiger partial charge >= 0.3 is 19.8 Å². The number of unbranched alkanes of at least 4 members (excludes halogenated alkanes) is 31. The monoisotopic (exact) mass is 1190 g/mol. The van der Waals surface area contributed by atoms with E-state index in [2.05, 4.69) is 135 Å². The molecule has 0 aromatic heterocycles. The number of phosphoric acid groups is 1. The summed E-state index contributed by atoms with van der Waals surface area (Å²) in [7, 11) is -4.40. The standard InChI is InChI=1S/C74H128NO8P/c1-3-5-7-9-11-13-15-17-19-21-23-25-27-29-30-31-32-33-34-35-36-37-38-39-40-41-42-43-45-47-49-51-53-55-57-59-61-63-65-67-74(77)83-72(71-82-84(78,79)81-69-68-75)70-80-73(76)66-64-62-60-58-56-54-52-50-48-46-44-28-26-24-22-20-18-16-14-12-10-8-6-4-2/h5,7,11,13,17,19,23,25,29-30,32-33,35-36,38-39,41-42,45,47,72H,3-4,6,8-10,12,14-16,18,20-22,24,26-28,31,34,37,40,43-44,46,48-71,75H2,1-2H3,(H,78,79)/b7-5-,13-11-,19-17-,25-23-,30-29-,33-32-,36-35-,39-38-,42-41-,47-45-. The largest absolute Gasteiger partial charge is 0.472 e. The quantitative estimate of drug-likeness (QED) is 0.0264. The van der Waals surface area contributed by atoms with Gasteiger partial charge in [0, 0.05) is 19.4 Å². The van der Waals surface area contributed by atoms with E-state index in [9.17, 15) is 19.0 Å². The summed E-state index contributed by atoms with van der Waals surface area (Å²) in [5.41, 5.74) is 5.40. The molecule has 0 heterocycles. The molecular formula is C74H128NO8P. The Balaban J connectivity index is 3.95.